The molecule has 0 N–H and O–H groups in total. The third kappa shape index (κ3) is 1.53. The van der Waals surface area contributed by atoms with Crippen molar-refractivity contribution < 1.29 is 14.3 Å². The number of methoxy groups -OCH3 is 1. The van der Waals surface area contributed by atoms with Gasteiger partial charge in [-0.25, -0.2) is 4.79 Å². The third-order valence-corrected chi connectivity index (χ3v) is 1.48. The van der Waals surface area contributed by atoms with Crippen LogP contribution in [0.15, 0.2) is 18.5 Å². The van der Waals surface area contributed by atoms with Crippen molar-refractivity contribution in [3.63, 3.8) is 0 Å². The minimum atomic E-state index is -0.435. The minimum Gasteiger partial charge on any atom is -0.465 e. The predicted molar refractivity (Wildman–Crippen MR) is 42.1 cm³/mol. The Morgan fingerprint density at radius 3 is 2.58 bits per heavy atom. The molecule has 0 fully saturated rings. The average Bonchev–Trinajstić information content (AvgIpc) is 2.51. The van der Waals surface area contributed by atoms with Crippen molar-refractivity contribution in [2.75, 3.05) is 7.11 Å². The van der Waals surface area contributed by atoms with E-state index in [1.807, 2.05) is 0 Å². The van der Waals surface area contributed by atoms with Crippen molar-refractivity contribution in [3.05, 3.63) is 24.0 Å². The summed E-state index contributed by atoms with van der Waals surface area (Å²) >= 11 is 0. The van der Waals surface area contributed by atoms with E-state index in [4.69, 9.17) is 0 Å². The second kappa shape index (κ2) is 3.21. The highest BCUT2D eigenvalue weighted by molar-refractivity contribution is 5.90. The molecule has 0 radical (unpaired) electrons. The monoisotopic (exact) mass is 167 g/mol. The van der Waals surface area contributed by atoms with E-state index in [0.717, 1.165) is 0 Å². The lowest BCUT2D eigenvalue weighted by molar-refractivity contribution is 0.0601. The SMILES string of the molecule is COC(=O)c1ccn(C(C)=O)c1. The summed E-state index contributed by atoms with van der Waals surface area (Å²) in [6.07, 6.45) is 2.96. The van der Waals surface area contributed by atoms with Crippen molar-refractivity contribution in [1.82, 2.24) is 4.57 Å². The van der Waals surface area contributed by atoms with Crippen LogP contribution in [0.2, 0.25) is 0 Å². The van der Waals surface area contributed by atoms with E-state index >= 15 is 0 Å². The lowest BCUT2D eigenvalue weighted by atomic mass is 10.3. The van der Waals surface area contributed by atoms with Gasteiger partial charge in [0, 0.05) is 19.3 Å². The first-order valence-electron chi connectivity index (χ1n) is 3.42. The van der Waals surface area contributed by atoms with Gasteiger partial charge in [-0.15, -0.1) is 0 Å². The molecule has 0 unspecified atom stereocenters. The lowest BCUT2D eigenvalue weighted by Gasteiger charge is -1.93. The normalized spacial score (nSPS) is 9.50. The molecule has 1 aromatic rings. The summed E-state index contributed by atoms with van der Waals surface area (Å²) in [5, 5.41) is 0. The first-order valence-corrected chi connectivity index (χ1v) is 3.42. The molecule has 1 heterocycles. The Kier molecular flexibility index (Phi) is 2.28. The number of hydrogen-bond donors (Lipinski definition) is 0. The number of ether oxygens (including phenoxy) is 1. The zero-order valence-corrected chi connectivity index (χ0v) is 6.90. The molecule has 12 heavy (non-hydrogen) atoms. The summed E-state index contributed by atoms with van der Waals surface area (Å²) < 4.78 is 5.79. The van der Waals surface area contributed by atoms with Crippen molar-refractivity contribution in [2.45, 2.75) is 6.92 Å². The van der Waals surface area contributed by atoms with Gasteiger partial charge in [-0.3, -0.25) is 9.36 Å². The molecule has 0 saturated carbocycles. The van der Waals surface area contributed by atoms with Crippen molar-refractivity contribution in [1.29, 1.82) is 0 Å². The van der Waals surface area contributed by atoms with Gasteiger partial charge in [0.15, 0.2) is 0 Å². The fourth-order valence-corrected chi connectivity index (χ4v) is 0.831. The van der Waals surface area contributed by atoms with Crippen LogP contribution in [0.1, 0.15) is 22.1 Å². The van der Waals surface area contributed by atoms with Crippen LogP contribution in [0.25, 0.3) is 0 Å². The summed E-state index contributed by atoms with van der Waals surface area (Å²) in [4.78, 5) is 21.7. The summed E-state index contributed by atoms with van der Waals surface area (Å²) in [6.45, 7) is 1.42. The van der Waals surface area contributed by atoms with Crippen LogP contribution in [0.3, 0.4) is 0 Å². The van der Waals surface area contributed by atoms with Gasteiger partial charge in [0.25, 0.3) is 0 Å². The molecule has 64 valence electrons. The first-order chi connectivity index (χ1) is 5.65. The highest BCUT2D eigenvalue weighted by atomic mass is 16.5. The van der Waals surface area contributed by atoms with E-state index in [-0.39, 0.29) is 5.91 Å². The molecule has 0 aliphatic heterocycles. The van der Waals surface area contributed by atoms with E-state index < -0.39 is 5.97 Å². The van der Waals surface area contributed by atoms with Gasteiger partial charge in [-0.2, -0.15) is 0 Å². The number of esters is 1. The summed E-state index contributed by atoms with van der Waals surface area (Å²) in [5.41, 5.74) is 0.382. The van der Waals surface area contributed by atoms with E-state index in [1.54, 1.807) is 0 Å². The molecule has 0 amide bonds. The Bertz CT molecular complexity index is 314. The van der Waals surface area contributed by atoms with E-state index in [0.29, 0.717) is 5.56 Å². The molecular formula is C8H9NO3. The minimum absolute atomic E-state index is 0.134. The number of carbonyl (C=O) groups is 2. The van der Waals surface area contributed by atoms with Crippen LogP contribution in [-0.4, -0.2) is 23.6 Å². The molecule has 0 saturated heterocycles. The van der Waals surface area contributed by atoms with Crippen molar-refractivity contribution in [2.24, 2.45) is 0 Å². The van der Waals surface area contributed by atoms with Gasteiger partial charge in [0.2, 0.25) is 5.91 Å². The fourth-order valence-electron chi connectivity index (χ4n) is 0.831. The molecule has 0 atom stereocenters. The largest absolute Gasteiger partial charge is 0.465 e. The second-order valence-corrected chi connectivity index (χ2v) is 2.32. The average molecular weight is 167 g/mol. The Hall–Kier alpha value is -1.58. The van der Waals surface area contributed by atoms with Gasteiger partial charge < -0.3 is 4.74 Å². The van der Waals surface area contributed by atoms with E-state index in [2.05, 4.69) is 4.74 Å². The Labute approximate surface area is 69.7 Å². The number of hydrogen-bond acceptors (Lipinski definition) is 3. The van der Waals surface area contributed by atoms with Gasteiger partial charge in [0.05, 0.1) is 12.7 Å². The number of nitrogens with zero attached hydrogens (tertiary/aromatic N) is 1. The van der Waals surface area contributed by atoms with Gasteiger partial charge in [0.1, 0.15) is 0 Å². The number of aromatic nitrogens is 1. The van der Waals surface area contributed by atoms with Crippen molar-refractivity contribution in [3.8, 4) is 0 Å². The van der Waals surface area contributed by atoms with Gasteiger partial charge in [-0.05, 0) is 6.07 Å². The first kappa shape index (κ1) is 8.52. The second-order valence-electron chi connectivity index (χ2n) is 2.32. The molecule has 0 bridgehead atoms. The Balaban J connectivity index is 2.91. The molecular weight excluding hydrogens is 158 g/mol. The molecule has 0 spiro atoms. The van der Waals surface area contributed by atoms with Crippen LogP contribution in [0.5, 0.6) is 0 Å². The van der Waals surface area contributed by atoms with Gasteiger partial charge in [-0.1, -0.05) is 0 Å². The molecule has 4 heteroatoms. The quantitative estimate of drug-likeness (QED) is 0.585. The van der Waals surface area contributed by atoms with Crippen LogP contribution < -0.4 is 0 Å². The highest BCUT2D eigenvalue weighted by Gasteiger charge is 2.07. The number of carbonyl (C=O) groups excluding carboxylic acids is 2. The van der Waals surface area contributed by atoms with Crippen LogP contribution in [0.4, 0.5) is 0 Å². The lowest BCUT2D eigenvalue weighted by Crippen LogP contribution is -2.03. The summed E-state index contributed by atoms with van der Waals surface area (Å²) in [6, 6.07) is 1.53. The molecule has 0 aliphatic carbocycles. The number of rotatable bonds is 1. The highest BCUT2D eigenvalue weighted by Crippen LogP contribution is 2.02. The Morgan fingerprint density at radius 2 is 2.17 bits per heavy atom. The maximum atomic E-state index is 10.9. The maximum Gasteiger partial charge on any atom is 0.339 e. The smallest absolute Gasteiger partial charge is 0.339 e. The van der Waals surface area contributed by atoms with E-state index in [9.17, 15) is 9.59 Å². The molecule has 1 aromatic heterocycles. The summed E-state index contributed by atoms with van der Waals surface area (Å²) in [5.74, 6) is -0.569. The molecule has 0 aliphatic rings. The zero-order chi connectivity index (χ0) is 9.14. The molecule has 0 aromatic carbocycles. The van der Waals surface area contributed by atoms with Crippen LogP contribution in [0, 0.1) is 0 Å². The standard InChI is InChI=1S/C8H9NO3/c1-6(10)9-4-3-7(5-9)8(11)12-2/h3-5H,1-2H3. The topological polar surface area (TPSA) is 48.3 Å². The van der Waals surface area contributed by atoms with Crippen LogP contribution >= 0.6 is 0 Å². The third-order valence-electron chi connectivity index (χ3n) is 1.48. The maximum absolute atomic E-state index is 10.9. The fraction of sp³-hybridized carbons (Fsp3) is 0.250. The molecule has 1 rings (SSSR count). The summed E-state index contributed by atoms with van der Waals surface area (Å²) in [7, 11) is 1.30. The van der Waals surface area contributed by atoms with Gasteiger partial charge >= 0.3 is 5.97 Å². The zero-order valence-electron chi connectivity index (χ0n) is 6.90. The van der Waals surface area contributed by atoms with Crippen molar-refractivity contribution >= 4 is 11.9 Å². The van der Waals surface area contributed by atoms with Crippen LogP contribution in [-0.2, 0) is 4.74 Å². The predicted octanol–water partition coefficient (Wildman–Crippen LogP) is 0.935. The molecule has 4 nitrogen and oxygen atoms in total. The Morgan fingerprint density at radius 1 is 1.50 bits per heavy atom. The van der Waals surface area contributed by atoms with E-state index in [1.165, 1.54) is 37.1 Å².